The van der Waals surface area contributed by atoms with Crippen LogP contribution in [0.5, 0.6) is 0 Å². The number of carbonyl (C=O) groups is 1. The first kappa shape index (κ1) is 28.1. The van der Waals surface area contributed by atoms with Gasteiger partial charge in [0.15, 0.2) is 5.11 Å². The molecule has 0 saturated carbocycles. The first-order valence-corrected chi connectivity index (χ1v) is 14.3. The van der Waals surface area contributed by atoms with Crippen molar-refractivity contribution >= 4 is 57.8 Å². The Kier molecular flexibility index (Phi) is 7.91. The van der Waals surface area contributed by atoms with Crippen molar-refractivity contribution < 1.29 is 4.79 Å². The summed E-state index contributed by atoms with van der Waals surface area (Å²) in [5.74, 6) is -0.252. The Morgan fingerprint density at radius 3 is 2.42 bits per heavy atom. The highest BCUT2D eigenvalue weighted by Gasteiger charge is 2.43. The van der Waals surface area contributed by atoms with E-state index in [4.69, 9.17) is 40.4 Å². The van der Waals surface area contributed by atoms with Gasteiger partial charge in [-0.05, 0) is 87.1 Å². The van der Waals surface area contributed by atoms with Crippen LogP contribution in [0.3, 0.4) is 0 Å². The van der Waals surface area contributed by atoms with Gasteiger partial charge in [-0.1, -0.05) is 49.2 Å². The van der Waals surface area contributed by atoms with Gasteiger partial charge in [0.2, 0.25) is 5.91 Å². The molecule has 9 heteroatoms. The number of carbonyl (C=O) groups excluding carboxylic acids is 1. The summed E-state index contributed by atoms with van der Waals surface area (Å²) in [6, 6.07) is 19.0. The molecule has 40 heavy (non-hydrogen) atoms. The van der Waals surface area contributed by atoms with Crippen molar-refractivity contribution in [3.05, 3.63) is 105 Å². The van der Waals surface area contributed by atoms with Gasteiger partial charge in [0.25, 0.3) is 0 Å². The van der Waals surface area contributed by atoms with E-state index in [0.717, 1.165) is 39.6 Å². The number of hydrogen-bond donors (Lipinski definition) is 2. The van der Waals surface area contributed by atoms with E-state index in [1.165, 1.54) is 0 Å². The fraction of sp³-hybridized carbons (Fsp3) is 0.258. The Bertz CT molecular complexity index is 1600. The van der Waals surface area contributed by atoms with Gasteiger partial charge in [-0.2, -0.15) is 0 Å². The van der Waals surface area contributed by atoms with Gasteiger partial charge in [-0.3, -0.25) is 9.78 Å². The van der Waals surface area contributed by atoms with Crippen LogP contribution < -0.4 is 15.5 Å². The van der Waals surface area contributed by atoms with Gasteiger partial charge in [0.1, 0.15) is 0 Å². The van der Waals surface area contributed by atoms with E-state index < -0.39 is 0 Å². The van der Waals surface area contributed by atoms with Crippen molar-refractivity contribution in [3.63, 3.8) is 0 Å². The van der Waals surface area contributed by atoms with Crippen LogP contribution in [0.25, 0.3) is 5.69 Å². The first-order valence-electron chi connectivity index (χ1n) is 13.1. The molecule has 0 bridgehead atoms. The van der Waals surface area contributed by atoms with Crippen molar-refractivity contribution in [1.82, 2.24) is 14.9 Å². The molecule has 2 atom stereocenters. The van der Waals surface area contributed by atoms with Crippen molar-refractivity contribution in [1.29, 1.82) is 0 Å². The monoisotopic (exact) mass is 591 g/mol. The van der Waals surface area contributed by atoms with E-state index >= 15 is 0 Å². The highest BCUT2D eigenvalue weighted by atomic mass is 35.5. The fourth-order valence-corrected chi connectivity index (χ4v) is 6.16. The molecule has 0 aliphatic carbocycles. The van der Waals surface area contributed by atoms with E-state index in [0.29, 0.717) is 20.8 Å². The highest BCUT2D eigenvalue weighted by molar-refractivity contribution is 7.80. The summed E-state index contributed by atoms with van der Waals surface area (Å²) in [7, 11) is 0. The molecule has 206 valence electrons. The zero-order chi connectivity index (χ0) is 28.7. The standard InChI is InChI=1S/C31H31Cl2N5OS/c1-17(2)30(39)35-25-13-12-23(16-24(25)33)38-29(28(36-31(38)40)26-11-6-7-14-34-26)27-18(3)19(4)37(20(27)5)22-10-8-9-21(32)15-22/h6-17,28-29H,1-5H3,(H,35,39)(H,36,40)/t28-,29-/m0/s1. The topological polar surface area (TPSA) is 62.2 Å². The van der Waals surface area contributed by atoms with Crippen LogP contribution in [0.1, 0.15) is 54.1 Å². The summed E-state index contributed by atoms with van der Waals surface area (Å²) >= 11 is 19.0. The Balaban J connectivity index is 1.66. The molecular formula is C31H31Cl2N5OS. The predicted molar refractivity (Wildman–Crippen MR) is 168 cm³/mol. The minimum Gasteiger partial charge on any atom is -0.351 e. The average Bonchev–Trinajstić information content (AvgIpc) is 3.37. The van der Waals surface area contributed by atoms with Gasteiger partial charge < -0.3 is 20.1 Å². The second kappa shape index (κ2) is 11.2. The number of anilines is 2. The third-order valence-corrected chi connectivity index (χ3v) is 8.34. The lowest BCUT2D eigenvalue weighted by Crippen LogP contribution is -2.30. The second-order valence-electron chi connectivity index (χ2n) is 10.3. The van der Waals surface area contributed by atoms with Crippen LogP contribution in [0.4, 0.5) is 11.4 Å². The number of aromatic nitrogens is 2. The largest absolute Gasteiger partial charge is 0.351 e. The Morgan fingerprint density at radius 1 is 1.00 bits per heavy atom. The van der Waals surface area contributed by atoms with Crippen LogP contribution in [0.2, 0.25) is 10.0 Å². The molecule has 1 saturated heterocycles. The van der Waals surface area contributed by atoms with E-state index in [-0.39, 0.29) is 23.9 Å². The predicted octanol–water partition coefficient (Wildman–Crippen LogP) is 7.88. The number of nitrogens with one attached hydrogen (secondary N) is 2. The molecule has 1 fully saturated rings. The lowest BCUT2D eigenvalue weighted by Gasteiger charge is -2.29. The van der Waals surface area contributed by atoms with Crippen LogP contribution in [-0.4, -0.2) is 20.6 Å². The Morgan fingerprint density at radius 2 is 1.77 bits per heavy atom. The van der Waals surface area contributed by atoms with Crippen LogP contribution in [0, 0.1) is 26.7 Å². The molecular weight excluding hydrogens is 561 g/mol. The average molecular weight is 593 g/mol. The number of benzene rings is 2. The number of pyridine rings is 1. The molecule has 0 unspecified atom stereocenters. The van der Waals surface area contributed by atoms with Gasteiger partial charge in [0, 0.05) is 45.5 Å². The van der Waals surface area contributed by atoms with Crippen molar-refractivity contribution in [2.45, 2.75) is 46.7 Å². The maximum absolute atomic E-state index is 12.3. The summed E-state index contributed by atoms with van der Waals surface area (Å²) in [5, 5.41) is 8.13. The van der Waals surface area contributed by atoms with E-state index in [1.807, 2.05) is 68.4 Å². The molecule has 0 spiro atoms. The molecule has 3 heterocycles. The summed E-state index contributed by atoms with van der Waals surface area (Å²) < 4.78 is 2.24. The molecule has 2 aromatic carbocycles. The fourth-order valence-electron chi connectivity index (χ4n) is 5.40. The number of amides is 1. The molecule has 5 rings (SSSR count). The zero-order valence-corrected chi connectivity index (χ0v) is 25.3. The van der Waals surface area contributed by atoms with Gasteiger partial charge in [-0.15, -0.1) is 0 Å². The maximum Gasteiger partial charge on any atom is 0.226 e. The number of hydrogen-bond acceptors (Lipinski definition) is 3. The third kappa shape index (κ3) is 5.09. The van der Waals surface area contributed by atoms with E-state index in [1.54, 1.807) is 6.20 Å². The molecule has 1 amide bonds. The third-order valence-electron chi connectivity index (χ3n) is 7.48. The molecule has 2 aromatic heterocycles. The van der Waals surface area contributed by atoms with Gasteiger partial charge >= 0.3 is 0 Å². The molecule has 1 aliphatic heterocycles. The SMILES string of the molecule is Cc1c([C@H]2[C@H](c3ccccn3)NC(=S)N2c2ccc(NC(=O)C(C)C)c(Cl)c2)c(C)n(-c2cccc(Cl)c2)c1C. The van der Waals surface area contributed by atoms with Crippen molar-refractivity contribution in [2.24, 2.45) is 5.92 Å². The lowest BCUT2D eigenvalue weighted by atomic mass is 9.93. The number of rotatable bonds is 6. The summed E-state index contributed by atoms with van der Waals surface area (Å²) in [6.45, 7) is 10.1. The van der Waals surface area contributed by atoms with Crippen molar-refractivity contribution in [2.75, 3.05) is 10.2 Å². The number of halogens is 2. The highest BCUT2D eigenvalue weighted by Crippen LogP contribution is 2.46. The normalized spacial score (nSPS) is 16.9. The molecule has 4 aromatic rings. The Labute approximate surface area is 250 Å². The quantitative estimate of drug-likeness (QED) is 0.223. The van der Waals surface area contributed by atoms with Gasteiger partial charge in [-0.25, -0.2) is 0 Å². The van der Waals surface area contributed by atoms with Crippen LogP contribution in [-0.2, 0) is 4.79 Å². The summed E-state index contributed by atoms with van der Waals surface area (Å²) in [6.07, 6.45) is 1.80. The molecule has 0 radical (unpaired) electrons. The number of nitrogens with zero attached hydrogens (tertiary/aromatic N) is 3. The maximum atomic E-state index is 12.3. The first-order chi connectivity index (χ1) is 19.1. The number of thiocarbonyl (C=S) groups is 1. The minimum absolute atomic E-state index is 0.0924. The van der Waals surface area contributed by atoms with Crippen LogP contribution in [0.15, 0.2) is 66.9 Å². The second-order valence-corrected chi connectivity index (χ2v) is 11.6. The summed E-state index contributed by atoms with van der Waals surface area (Å²) in [4.78, 5) is 19.1. The van der Waals surface area contributed by atoms with Crippen molar-refractivity contribution in [3.8, 4) is 5.69 Å². The van der Waals surface area contributed by atoms with Crippen LogP contribution >= 0.6 is 35.4 Å². The smallest absolute Gasteiger partial charge is 0.226 e. The zero-order valence-electron chi connectivity index (χ0n) is 23.0. The van der Waals surface area contributed by atoms with E-state index in [2.05, 4.69) is 46.9 Å². The lowest BCUT2D eigenvalue weighted by molar-refractivity contribution is -0.118. The Hall–Kier alpha value is -3.39. The molecule has 1 aliphatic rings. The minimum atomic E-state index is -0.214. The molecule has 6 nitrogen and oxygen atoms in total. The summed E-state index contributed by atoms with van der Waals surface area (Å²) in [5.41, 5.74) is 7.79. The van der Waals surface area contributed by atoms with E-state index in [9.17, 15) is 4.79 Å². The molecule has 2 N–H and O–H groups in total. The van der Waals surface area contributed by atoms with Gasteiger partial charge in [0.05, 0.1) is 28.5 Å².